The first-order valence-electron chi connectivity index (χ1n) is 6.58. The van der Waals surface area contributed by atoms with E-state index in [1.165, 1.54) is 5.56 Å². The van der Waals surface area contributed by atoms with E-state index in [4.69, 9.17) is 5.73 Å². The van der Waals surface area contributed by atoms with Crippen molar-refractivity contribution in [3.05, 3.63) is 66.9 Å². The van der Waals surface area contributed by atoms with Gasteiger partial charge in [0, 0.05) is 30.2 Å². The molecule has 0 unspecified atom stereocenters. The van der Waals surface area contributed by atoms with Crippen LogP contribution in [0.2, 0.25) is 0 Å². The second-order valence-corrected chi connectivity index (χ2v) is 4.67. The summed E-state index contributed by atoms with van der Waals surface area (Å²) in [4.78, 5) is 8.37. The predicted molar refractivity (Wildman–Crippen MR) is 80.0 cm³/mol. The summed E-state index contributed by atoms with van der Waals surface area (Å²) >= 11 is 0. The molecule has 1 aromatic carbocycles. The van der Waals surface area contributed by atoms with Crippen LogP contribution in [-0.4, -0.2) is 14.5 Å². The van der Waals surface area contributed by atoms with Gasteiger partial charge in [0.15, 0.2) is 0 Å². The first-order chi connectivity index (χ1) is 9.84. The molecule has 0 saturated carbocycles. The summed E-state index contributed by atoms with van der Waals surface area (Å²) in [5, 5.41) is 0. The van der Waals surface area contributed by atoms with Crippen LogP contribution >= 0.6 is 0 Å². The average Bonchev–Trinajstić information content (AvgIpc) is 2.95. The number of rotatable bonds is 4. The lowest BCUT2D eigenvalue weighted by atomic mass is 10.1. The summed E-state index contributed by atoms with van der Waals surface area (Å²) in [7, 11) is 0. The second-order valence-electron chi connectivity index (χ2n) is 4.67. The van der Waals surface area contributed by atoms with E-state index in [2.05, 4.69) is 38.8 Å². The summed E-state index contributed by atoms with van der Waals surface area (Å²) in [5.74, 6) is 0. The third-order valence-corrected chi connectivity index (χ3v) is 3.33. The third-order valence-electron chi connectivity index (χ3n) is 3.33. The van der Waals surface area contributed by atoms with Gasteiger partial charge in [0.25, 0.3) is 0 Å². The number of nitrogens with two attached hydrogens (primary N) is 1. The van der Waals surface area contributed by atoms with E-state index in [0.29, 0.717) is 0 Å². The number of pyridine rings is 1. The molecule has 0 bridgehead atoms. The van der Waals surface area contributed by atoms with Gasteiger partial charge in [-0.05, 0) is 18.1 Å². The zero-order valence-electron chi connectivity index (χ0n) is 11.1. The maximum Gasteiger partial charge on any atom is 0.0951 e. The molecule has 0 radical (unpaired) electrons. The van der Waals surface area contributed by atoms with E-state index in [1.807, 2.05) is 24.7 Å². The lowest BCUT2D eigenvalue weighted by molar-refractivity contribution is 0.702. The Kier molecular flexibility index (Phi) is 3.46. The normalized spacial score (nSPS) is 10.6. The first kappa shape index (κ1) is 12.4. The number of aryl methyl sites for hydroxylation is 2. The van der Waals surface area contributed by atoms with Gasteiger partial charge in [-0.2, -0.15) is 0 Å². The van der Waals surface area contributed by atoms with Crippen molar-refractivity contribution >= 4 is 5.69 Å². The van der Waals surface area contributed by atoms with E-state index in [0.717, 1.165) is 29.9 Å². The fourth-order valence-corrected chi connectivity index (χ4v) is 2.24. The van der Waals surface area contributed by atoms with Crippen LogP contribution in [0.1, 0.15) is 5.56 Å². The Morgan fingerprint density at radius 1 is 1.00 bits per heavy atom. The number of anilines is 1. The van der Waals surface area contributed by atoms with E-state index < -0.39 is 0 Å². The Morgan fingerprint density at radius 2 is 1.85 bits per heavy atom. The van der Waals surface area contributed by atoms with Crippen LogP contribution in [-0.2, 0) is 13.0 Å². The van der Waals surface area contributed by atoms with E-state index in [9.17, 15) is 0 Å². The van der Waals surface area contributed by atoms with Gasteiger partial charge in [0.1, 0.15) is 0 Å². The lowest BCUT2D eigenvalue weighted by Gasteiger charge is -2.09. The van der Waals surface area contributed by atoms with Crippen LogP contribution in [0.4, 0.5) is 5.69 Å². The number of hydrogen-bond acceptors (Lipinski definition) is 3. The fourth-order valence-electron chi connectivity index (χ4n) is 2.24. The highest BCUT2D eigenvalue weighted by molar-refractivity contribution is 5.72. The summed E-state index contributed by atoms with van der Waals surface area (Å²) in [6, 6.07) is 12.2. The van der Waals surface area contributed by atoms with E-state index >= 15 is 0 Å². The van der Waals surface area contributed by atoms with Crippen molar-refractivity contribution < 1.29 is 0 Å². The fraction of sp³-hybridized carbons (Fsp3) is 0.125. The number of nitrogens with zero attached hydrogens (tertiary/aromatic N) is 3. The van der Waals surface area contributed by atoms with Gasteiger partial charge in [-0.1, -0.05) is 30.3 Å². The van der Waals surface area contributed by atoms with Crippen molar-refractivity contribution in [2.24, 2.45) is 0 Å². The summed E-state index contributed by atoms with van der Waals surface area (Å²) < 4.78 is 2.11. The Labute approximate surface area is 117 Å². The molecule has 0 saturated heterocycles. The minimum absolute atomic E-state index is 0.724. The Hall–Kier alpha value is -2.62. The highest BCUT2D eigenvalue weighted by atomic mass is 15.0. The number of imidazole rings is 1. The maximum atomic E-state index is 6.01. The molecular weight excluding hydrogens is 248 g/mol. The Morgan fingerprint density at radius 3 is 2.65 bits per heavy atom. The third kappa shape index (κ3) is 2.54. The number of aromatic nitrogens is 3. The summed E-state index contributed by atoms with van der Waals surface area (Å²) in [6.07, 6.45) is 8.11. The zero-order valence-corrected chi connectivity index (χ0v) is 11.1. The Balaban J connectivity index is 1.83. The molecule has 0 spiro atoms. The molecule has 0 aliphatic heterocycles. The SMILES string of the molecule is Nc1ccncc1-c1cncn1CCc1ccccc1. The van der Waals surface area contributed by atoms with Crippen molar-refractivity contribution in [1.29, 1.82) is 0 Å². The molecule has 2 N–H and O–H groups in total. The molecule has 2 heterocycles. The standard InChI is InChI=1S/C16H16N4/c17-15-6-8-18-10-14(15)16-11-19-12-20(16)9-7-13-4-2-1-3-5-13/h1-6,8,10-12H,7,9H2,(H2,17,18). The highest BCUT2D eigenvalue weighted by Crippen LogP contribution is 2.24. The van der Waals surface area contributed by atoms with Gasteiger partial charge in [-0.25, -0.2) is 4.98 Å². The highest BCUT2D eigenvalue weighted by Gasteiger charge is 2.08. The molecule has 0 aliphatic carbocycles. The largest absolute Gasteiger partial charge is 0.398 e. The molecule has 0 atom stereocenters. The summed E-state index contributed by atoms with van der Waals surface area (Å²) in [5.41, 5.74) is 9.98. The summed E-state index contributed by atoms with van der Waals surface area (Å²) in [6.45, 7) is 0.869. The van der Waals surface area contributed by atoms with Gasteiger partial charge in [0.05, 0.1) is 18.2 Å². The van der Waals surface area contributed by atoms with Crippen molar-refractivity contribution in [2.75, 3.05) is 5.73 Å². The average molecular weight is 264 g/mol. The minimum atomic E-state index is 0.724. The van der Waals surface area contributed by atoms with Crippen LogP contribution in [0, 0.1) is 0 Å². The molecular formula is C16H16N4. The molecule has 4 nitrogen and oxygen atoms in total. The van der Waals surface area contributed by atoms with Crippen molar-refractivity contribution in [3.8, 4) is 11.3 Å². The van der Waals surface area contributed by atoms with Crippen molar-refractivity contribution in [2.45, 2.75) is 13.0 Å². The van der Waals surface area contributed by atoms with Crippen LogP contribution in [0.25, 0.3) is 11.3 Å². The monoisotopic (exact) mass is 264 g/mol. The number of benzene rings is 1. The molecule has 3 rings (SSSR count). The molecule has 4 heteroatoms. The minimum Gasteiger partial charge on any atom is -0.398 e. The number of hydrogen-bond donors (Lipinski definition) is 1. The molecule has 0 amide bonds. The van der Waals surface area contributed by atoms with Crippen molar-refractivity contribution in [1.82, 2.24) is 14.5 Å². The second kappa shape index (κ2) is 5.57. The van der Waals surface area contributed by atoms with Gasteiger partial charge in [0.2, 0.25) is 0 Å². The van der Waals surface area contributed by atoms with Crippen LogP contribution in [0.15, 0.2) is 61.3 Å². The van der Waals surface area contributed by atoms with E-state index in [1.54, 1.807) is 12.4 Å². The number of nitrogen functional groups attached to an aromatic ring is 1. The van der Waals surface area contributed by atoms with Gasteiger partial charge < -0.3 is 10.3 Å². The molecule has 20 heavy (non-hydrogen) atoms. The smallest absolute Gasteiger partial charge is 0.0951 e. The Bertz CT molecular complexity index is 688. The van der Waals surface area contributed by atoms with Crippen LogP contribution in [0.5, 0.6) is 0 Å². The molecule has 100 valence electrons. The van der Waals surface area contributed by atoms with E-state index in [-0.39, 0.29) is 0 Å². The molecule has 0 aliphatic rings. The maximum absolute atomic E-state index is 6.01. The van der Waals surface area contributed by atoms with Gasteiger partial charge in [-0.15, -0.1) is 0 Å². The predicted octanol–water partition coefficient (Wildman–Crippen LogP) is 2.77. The zero-order chi connectivity index (χ0) is 13.8. The van der Waals surface area contributed by atoms with Gasteiger partial charge >= 0.3 is 0 Å². The molecule has 2 aromatic heterocycles. The lowest BCUT2D eigenvalue weighted by Crippen LogP contribution is -2.03. The van der Waals surface area contributed by atoms with Crippen LogP contribution in [0.3, 0.4) is 0 Å². The van der Waals surface area contributed by atoms with Gasteiger partial charge in [-0.3, -0.25) is 4.98 Å². The molecule has 3 aromatic rings. The van der Waals surface area contributed by atoms with Crippen molar-refractivity contribution in [3.63, 3.8) is 0 Å². The quantitative estimate of drug-likeness (QED) is 0.788. The topological polar surface area (TPSA) is 56.7 Å². The van der Waals surface area contributed by atoms with Crippen LogP contribution < -0.4 is 5.73 Å². The molecule has 0 fully saturated rings. The first-order valence-corrected chi connectivity index (χ1v) is 6.58.